The number of amides is 2. The minimum Gasteiger partial charge on any atom is -0.385 e. The van der Waals surface area contributed by atoms with Crippen molar-refractivity contribution in [2.45, 2.75) is 31.3 Å². The van der Waals surface area contributed by atoms with Gasteiger partial charge in [-0.25, -0.2) is 9.78 Å². The first-order valence-electron chi connectivity index (χ1n) is 8.94. The first-order chi connectivity index (χ1) is 12.7. The molecule has 2 aliphatic heterocycles. The number of anilines is 2. The van der Waals surface area contributed by atoms with Crippen LogP contribution in [0, 0.1) is 0 Å². The van der Waals surface area contributed by atoms with Gasteiger partial charge in [0.05, 0.1) is 10.5 Å². The molecular weight excluding hydrogens is 384 g/mol. The molecule has 1 saturated heterocycles. The van der Waals surface area contributed by atoms with E-state index in [1.807, 2.05) is 18.2 Å². The van der Waals surface area contributed by atoms with Gasteiger partial charge in [0.25, 0.3) is 0 Å². The smallest absolute Gasteiger partial charge is 0.328 e. The van der Waals surface area contributed by atoms with Crippen molar-refractivity contribution in [3.8, 4) is 0 Å². The molecule has 2 aromatic rings. The standard InChI is InChI=1S/C19H23ClN4O2S/c1-18(2,26)15-9-21-16(27-15)22-17(25)24-11-19(6-7-23(3)10-19)13-8-12(20)4-5-14(13)24/h4-5,8-9,26H,6-7,10-11H2,1-3H3,(H,21,22,25). The van der Waals surface area contributed by atoms with E-state index in [-0.39, 0.29) is 11.4 Å². The zero-order valence-electron chi connectivity index (χ0n) is 15.6. The Morgan fingerprint density at radius 2 is 2.19 bits per heavy atom. The van der Waals surface area contributed by atoms with Gasteiger partial charge in [-0.2, -0.15) is 0 Å². The fraction of sp³-hybridized carbons (Fsp3) is 0.474. The molecule has 2 amide bonds. The van der Waals surface area contributed by atoms with E-state index in [0.29, 0.717) is 21.6 Å². The number of thiazole rings is 1. The van der Waals surface area contributed by atoms with Gasteiger partial charge >= 0.3 is 6.03 Å². The van der Waals surface area contributed by atoms with Crippen LogP contribution in [0.4, 0.5) is 15.6 Å². The predicted molar refractivity (Wildman–Crippen MR) is 109 cm³/mol. The molecular formula is C19H23ClN4O2S. The molecule has 2 N–H and O–H groups in total. The van der Waals surface area contributed by atoms with Crippen LogP contribution < -0.4 is 10.2 Å². The molecule has 6 nitrogen and oxygen atoms in total. The Labute approximate surface area is 167 Å². The van der Waals surface area contributed by atoms with E-state index >= 15 is 0 Å². The van der Waals surface area contributed by atoms with Crippen LogP contribution in [0.3, 0.4) is 0 Å². The molecule has 1 atom stereocenters. The highest BCUT2D eigenvalue weighted by Crippen LogP contribution is 2.47. The van der Waals surface area contributed by atoms with Crippen LogP contribution in [0.15, 0.2) is 24.4 Å². The van der Waals surface area contributed by atoms with Crippen molar-refractivity contribution in [1.29, 1.82) is 0 Å². The van der Waals surface area contributed by atoms with Crippen molar-refractivity contribution < 1.29 is 9.90 Å². The lowest BCUT2D eigenvalue weighted by molar-refractivity contribution is 0.0823. The van der Waals surface area contributed by atoms with Crippen LogP contribution in [0.25, 0.3) is 0 Å². The maximum atomic E-state index is 13.0. The third-order valence-electron chi connectivity index (χ3n) is 5.39. The summed E-state index contributed by atoms with van der Waals surface area (Å²) in [6, 6.07) is 5.54. The average Bonchev–Trinajstić information content (AvgIpc) is 3.27. The monoisotopic (exact) mass is 406 g/mol. The van der Waals surface area contributed by atoms with E-state index in [1.165, 1.54) is 11.3 Å². The van der Waals surface area contributed by atoms with E-state index in [1.54, 1.807) is 24.9 Å². The second kappa shape index (κ2) is 6.44. The molecule has 144 valence electrons. The Hall–Kier alpha value is -1.67. The molecule has 1 aromatic carbocycles. The first-order valence-corrected chi connectivity index (χ1v) is 10.1. The van der Waals surface area contributed by atoms with E-state index in [4.69, 9.17) is 11.6 Å². The number of carbonyl (C=O) groups excluding carboxylic acids is 1. The average molecular weight is 407 g/mol. The van der Waals surface area contributed by atoms with Crippen LogP contribution >= 0.6 is 22.9 Å². The number of halogens is 1. The highest BCUT2D eigenvalue weighted by atomic mass is 35.5. The summed E-state index contributed by atoms with van der Waals surface area (Å²) in [4.78, 5) is 22.0. The summed E-state index contributed by atoms with van der Waals surface area (Å²) in [6.07, 6.45) is 2.60. The van der Waals surface area contributed by atoms with Gasteiger partial charge in [-0.1, -0.05) is 22.9 Å². The van der Waals surface area contributed by atoms with Crippen LogP contribution in [0.5, 0.6) is 0 Å². The Balaban J connectivity index is 1.61. The third kappa shape index (κ3) is 3.33. The molecule has 0 radical (unpaired) electrons. The van der Waals surface area contributed by atoms with E-state index in [0.717, 1.165) is 30.8 Å². The second-order valence-electron chi connectivity index (χ2n) is 8.03. The Morgan fingerprint density at radius 3 is 2.81 bits per heavy atom. The quantitative estimate of drug-likeness (QED) is 0.798. The molecule has 27 heavy (non-hydrogen) atoms. The lowest BCUT2D eigenvalue weighted by Crippen LogP contribution is -2.40. The van der Waals surface area contributed by atoms with Crippen molar-refractivity contribution >= 4 is 39.8 Å². The number of carbonyl (C=O) groups is 1. The van der Waals surface area contributed by atoms with Gasteiger partial charge in [0.15, 0.2) is 5.13 Å². The number of nitrogens with zero attached hydrogens (tertiary/aromatic N) is 3. The van der Waals surface area contributed by atoms with Crippen molar-refractivity contribution in [3.63, 3.8) is 0 Å². The molecule has 1 spiro atoms. The van der Waals surface area contributed by atoms with Crippen LogP contribution in [-0.2, 0) is 11.0 Å². The third-order valence-corrected chi connectivity index (χ3v) is 6.85. The summed E-state index contributed by atoms with van der Waals surface area (Å²) in [5, 5.41) is 14.2. The normalized spacial score (nSPS) is 22.5. The zero-order chi connectivity index (χ0) is 19.4. The Kier molecular flexibility index (Phi) is 4.46. The van der Waals surface area contributed by atoms with Crippen molar-refractivity contribution in [2.24, 2.45) is 0 Å². The lowest BCUT2D eigenvalue weighted by atomic mass is 9.81. The maximum absolute atomic E-state index is 13.0. The lowest BCUT2D eigenvalue weighted by Gasteiger charge is -2.25. The van der Waals surface area contributed by atoms with E-state index in [9.17, 15) is 9.90 Å². The minimum absolute atomic E-state index is 0.0759. The number of fused-ring (bicyclic) bond motifs is 2. The first kappa shape index (κ1) is 18.7. The topological polar surface area (TPSA) is 68.7 Å². The molecule has 1 fully saturated rings. The number of hydrogen-bond acceptors (Lipinski definition) is 5. The Morgan fingerprint density at radius 1 is 1.41 bits per heavy atom. The van der Waals surface area contributed by atoms with Crippen molar-refractivity contribution in [3.05, 3.63) is 39.9 Å². The van der Waals surface area contributed by atoms with Gasteiger partial charge in [-0.3, -0.25) is 10.2 Å². The van der Waals surface area contributed by atoms with Gasteiger partial charge in [0.2, 0.25) is 0 Å². The summed E-state index contributed by atoms with van der Waals surface area (Å²) in [5.41, 5.74) is 1.00. The predicted octanol–water partition coefficient (Wildman–Crippen LogP) is 3.65. The van der Waals surface area contributed by atoms with Gasteiger partial charge in [-0.15, -0.1) is 0 Å². The van der Waals surface area contributed by atoms with Crippen molar-refractivity contribution in [2.75, 3.05) is 36.9 Å². The SMILES string of the molecule is CN1CCC2(C1)CN(C(=O)Nc1ncc(C(C)(C)O)s1)c1ccc(Cl)cc12. The number of likely N-dealkylation sites (N-methyl/N-ethyl adjacent to an activating group) is 1. The number of rotatable bonds is 2. The van der Waals surface area contributed by atoms with Crippen LogP contribution in [0.2, 0.25) is 5.02 Å². The number of nitrogens with one attached hydrogen (secondary N) is 1. The maximum Gasteiger partial charge on any atom is 0.328 e. The molecule has 0 aliphatic carbocycles. The number of likely N-dealkylation sites (tertiary alicyclic amines) is 1. The summed E-state index contributed by atoms with van der Waals surface area (Å²) < 4.78 is 0. The largest absolute Gasteiger partial charge is 0.385 e. The highest BCUT2D eigenvalue weighted by Gasteiger charge is 2.48. The molecule has 1 aromatic heterocycles. The fourth-order valence-corrected chi connectivity index (χ4v) is 5.00. The summed E-state index contributed by atoms with van der Waals surface area (Å²) in [6.45, 7) is 5.94. The number of hydrogen-bond donors (Lipinski definition) is 2. The molecule has 1 unspecified atom stereocenters. The number of benzene rings is 1. The van der Waals surface area contributed by atoms with Gasteiger partial charge < -0.3 is 10.0 Å². The van der Waals surface area contributed by atoms with Crippen LogP contribution in [0.1, 0.15) is 30.7 Å². The molecule has 8 heteroatoms. The van der Waals surface area contributed by atoms with Gasteiger partial charge in [0.1, 0.15) is 0 Å². The van der Waals surface area contributed by atoms with Gasteiger partial charge in [-0.05, 0) is 57.6 Å². The highest BCUT2D eigenvalue weighted by molar-refractivity contribution is 7.15. The summed E-state index contributed by atoms with van der Waals surface area (Å²) in [7, 11) is 2.11. The molecule has 4 rings (SSSR count). The fourth-order valence-electron chi connectivity index (χ4n) is 4.02. The molecule has 0 bridgehead atoms. The minimum atomic E-state index is -0.976. The zero-order valence-corrected chi connectivity index (χ0v) is 17.2. The molecule has 0 saturated carbocycles. The number of aliphatic hydroxyl groups is 1. The van der Waals surface area contributed by atoms with Gasteiger partial charge in [0, 0.05) is 35.4 Å². The second-order valence-corrected chi connectivity index (χ2v) is 9.50. The van der Waals surface area contributed by atoms with Crippen molar-refractivity contribution in [1.82, 2.24) is 9.88 Å². The van der Waals surface area contributed by atoms with E-state index < -0.39 is 5.60 Å². The number of aromatic nitrogens is 1. The summed E-state index contributed by atoms with van der Waals surface area (Å²) >= 11 is 7.54. The molecule has 3 heterocycles. The Bertz CT molecular complexity index is 894. The summed E-state index contributed by atoms with van der Waals surface area (Å²) in [5.74, 6) is 0. The van der Waals surface area contributed by atoms with E-state index in [2.05, 4.69) is 22.2 Å². The number of urea groups is 1. The van der Waals surface area contributed by atoms with Crippen LogP contribution in [-0.4, -0.2) is 47.7 Å². The molecule has 2 aliphatic rings.